The molecule has 0 saturated carbocycles. The van der Waals surface area contributed by atoms with Gasteiger partial charge in [-0.25, -0.2) is 0 Å². The van der Waals surface area contributed by atoms with Crippen molar-refractivity contribution in [2.24, 2.45) is 0 Å². The lowest BCUT2D eigenvalue weighted by Crippen LogP contribution is -3.00. The molecular weight excluding hydrogens is 412 g/mol. The lowest BCUT2D eigenvalue weighted by atomic mass is 9.89. The molecule has 0 N–H and O–H groups in total. The second kappa shape index (κ2) is 10.3. The first-order valence-electron chi connectivity index (χ1n) is 9.86. The van der Waals surface area contributed by atoms with Crippen LogP contribution in [0.4, 0.5) is 10.1 Å². The van der Waals surface area contributed by atoms with E-state index < -0.39 is 0 Å². The predicted octanol–water partition coefficient (Wildman–Crippen LogP) is 3.16. The summed E-state index contributed by atoms with van der Waals surface area (Å²) >= 11 is 6.45. The van der Waals surface area contributed by atoms with E-state index in [2.05, 4.69) is 18.4 Å². The molecule has 2 aromatic rings. The number of hydrogen-bond donors (Lipinski definition) is 0. The van der Waals surface area contributed by atoms with E-state index in [9.17, 15) is 4.39 Å². The minimum absolute atomic E-state index is 0. The molecule has 1 aliphatic heterocycles. The van der Waals surface area contributed by atoms with Crippen LogP contribution in [0.25, 0.3) is 0 Å². The lowest BCUT2D eigenvalue weighted by molar-refractivity contribution is -0.484. The number of fused-ring (bicyclic) bond motifs is 1. The van der Waals surface area contributed by atoms with Gasteiger partial charge in [-0.1, -0.05) is 37.4 Å². The maximum Gasteiger partial charge on any atom is 0.260 e. The van der Waals surface area contributed by atoms with Crippen LogP contribution >= 0.6 is 11.6 Å². The van der Waals surface area contributed by atoms with Gasteiger partial charge < -0.3 is 21.9 Å². The minimum Gasteiger partial charge on any atom is -1.00 e. The highest BCUT2D eigenvalue weighted by molar-refractivity contribution is 6.32. The second-order valence-electron chi connectivity index (χ2n) is 7.26. The average molecular weight is 440 g/mol. The number of unbranched alkanes of at least 4 members (excludes halogenated alkanes) is 2. The van der Waals surface area contributed by atoms with Crippen molar-refractivity contribution in [2.45, 2.75) is 52.0 Å². The van der Waals surface area contributed by atoms with Gasteiger partial charge in [0.1, 0.15) is 5.02 Å². The number of hydrogen-bond acceptors (Lipinski definition) is 2. The maximum absolute atomic E-state index is 14.8. The van der Waals surface area contributed by atoms with Gasteiger partial charge in [-0.15, -0.1) is 0 Å². The van der Waals surface area contributed by atoms with E-state index in [0.717, 1.165) is 49.1 Å². The molecule has 6 heteroatoms. The molecule has 0 fully saturated rings. The van der Waals surface area contributed by atoms with E-state index in [1.807, 2.05) is 12.1 Å². The Morgan fingerprint density at radius 1 is 1.14 bits per heavy atom. The molecular formula is C23H28Cl2FNO2. The topological polar surface area (TPSA) is 21.5 Å². The van der Waals surface area contributed by atoms with Crippen LogP contribution in [-0.2, 0) is 6.42 Å². The van der Waals surface area contributed by atoms with E-state index in [1.54, 1.807) is 26.4 Å². The molecule has 1 heterocycles. The standard InChI is InChI=1S/C23H28ClFNO2.ClH/c1-5-6-7-11-20-17-14-22(28-4)21(27-3)13-16(17)12-15(2)26(20)23-18(24)9-8-10-19(23)25;/h8-10,13-15H,5-7,11-12H2,1-4H3;1H/q+1;/p-1. The number of para-hydroxylation sites is 1. The molecule has 0 aromatic heterocycles. The van der Waals surface area contributed by atoms with Gasteiger partial charge in [-0.05, 0) is 43.2 Å². The van der Waals surface area contributed by atoms with Crippen molar-refractivity contribution in [2.75, 3.05) is 14.2 Å². The van der Waals surface area contributed by atoms with Gasteiger partial charge in [0, 0.05) is 18.4 Å². The van der Waals surface area contributed by atoms with E-state index in [1.165, 1.54) is 11.6 Å². The number of ether oxygens (including phenoxy) is 2. The number of halogens is 3. The third-order valence-electron chi connectivity index (χ3n) is 5.36. The Morgan fingerprint density at radius 2 is 1.83 bits per heavy atom. The van der Waals surface area contributed by atoms with E-state index in [-0.39, 0.29) is 24.3 Å². The monoisotopic (exact) mass is 439 g/mol. The summed E-state index contributed by atoms with van der Waals surface area (Å²) in [4.78, 5) is 0. The fraction of sp³-hybridized carbons (Fsp3) is 0.435. The van der Waals surface area contributed by atoms with Crippen LogP contribution in [0.2, 0.25) is 5.02 Å². The molecule has 0 radical (unpaired) electrons. The first-order chi connectivity index (χ1) is 13.5. The molecule has 3 rings (SSSR count). The van der Waals surface area contributed by atoms with Gasteiger partial charge in [-0.3, -0.25) is 0 Å². The fourth-order valence-corrected chi connectivity index (χ4v) is 4.29. The van der Waals surface area contributed by atoms with Crippen molar-refractivity contribution >= 4 is 23.0 Å². The molecule has 29 heavy (non-hydrogen) atoms. The second-order valence-corrected chi connectivity index (χ2v) is 7.67. The predicted molar refractivity (Wildman–Crippen MR) is 112 cm³/mol. The molecule has 1 aliphatic rings. The molecule has 0 amide bonds. The summed E-state index contributed by atoms with van der Waals surface area (Å²) in [5.41, 5.74) is 3.84. The fourth-order valence-electron chi connectivity index (χ4n) is 4.04. The van der Waals surface area contributed by atoms with Crippen LogP contribution in [0.5, 0.6) is 11.5 Å². The van der Waals surface area contributed by atoms with Gasteiger partial charge in [0.25, 0.3) is 5.69 Å². The van der Waals surface area contributed by atoms with Gasteiger partial charge in [0.05, 0.1) is 14.2 Å². The zero-order valence-corrected chi connectivity index (χ0v) is 18.9. The molecule has 0 saturated heterocycles. The van der Waals surface area contributed by atoms with Crippen molar-refractivity contribution < 1.29 is 30.8 Å². The minimum atomic E-state index is -0.295. The van der Waals surface area contributed by atoms with Gasteiger partial charge in [0.2, 0.25) is 0 Å². The third kappa shape index (κ3) is 4.70. The van der Waals surface area contributed by atoms with Crippen molar-refractivity contribution in [1.82, 2.24) is 0 Å². The largest absolute Gasteiger partial charge is 1.00 e. The molecule has 158 valence electrons. The normalized spacial score (nSPS) is 15.6. The van der Waals surface area contributed by atoms with Crippen molar-refractivity contribution in [3.05, 3.63) is 52.3 Å². The molecule has 2 aromatic carbocycles. The molecule has 3 nitrogen and oxygen atoms in total. The molecule has 0 bridgehead atoms. The smallest absolute Gasteiger partial charge is 0.260 e. The highest BCUT2D eigenvalue weighted by Crippen LogP contribution is 2.38. The average Bonchev–Trinajstić information content (AvgIpc) is 2.68. The summed E-state index contributed by atoms with van der Waals surface area (Å²) in [6, 6.07) is 9.02. The SMILES string of the molecule is CCCCCC1=[N+](c2c(F)cccc2Cl)C(C)Cc2cc(OC)c(OC)cc21.[Cl-]. The quantitative estimate of drug-likeness (QED) is 0.488. The van der Waals surface area contributed by atoms with Crippen molar-refractivity contribution in [3.63, 3.8) is 0 Å². The first-order valence-corrected chi connectivity index (χ1v) is 10.2. The van der Waals surface area contributed by atoms with Crippen LogP contribution < -0.4 is 21.9 Å². The van der Waals surface area contributed by atoms with Crippen LogP contribution in [-0.4, -0.2) is 30.5 Å². The Hall–Kier alpha value is -1.78. The van der Waals surface area contributed by atoms with Crippen LogP contribution in [0.15, 0.2) is 30.3 Å². The summed E-state index contributed by atoms with van der Waals surface area (Å²) in [6.45, 7) is 4.30. The Morgan fingerprint density at radius 3 is 2.45 bits per heavy atom. The summed E-state index contributed by atoms with van der Waals surface area (Å²) in [7, 11) is 3.28. The zero-order valence-electron chi connectivity index (χ0n) is 17.4. The summed E-state index contributed by atoms with van der Waals surface area (Å²) < 4.78 is 27.9. The van der Waals surface area contributed by atoms with Crippen LogP contribution in [0.3, 0.4) is 0 Å². The van der Waals surface area contributed by atoms with Crippen LogP contribution in [0, 0.1) is 5.82 Å². The number of methoxy groups -OCH3 is 2. The first kappa shape index (κ1) is 23.5. The lowest BCUT2D eigenvalue weighted by Gasteiger charge is -2.25. The van der Waals surface area contributed by atoms with Crippen molar-refractivity contribution in [1.29, 1.82) is 0 Å². The molecule has 1 atom stereocenters. The number of benzene rings is 2. The zero-order chi connectivity index (χ0) is 20.3. The Balaban J connectivity index is 0.00000300. The number of nitrogens with zero attached hydrogens (tertiary/aromatic N) is 1. The van der Waals surface area contributed by atoms with Gasteiger partial charge >= 0.3 is 0 Å². The van der Waals surface area contributed by atoms with Gasteiger partial charge in [-0.2, -0.15) is 8.97 Å². The third-order valence-corrected chi connectivity index (χ3v) is 5.67. The van der Waals surface area contributed by atoms with Crippen LogP contribution in [0.1, 0.15) is 50.7 Å². The number of rotatable bonds is 7. The Kier molecular flexibility index (Phi) is 8.35. The van der Waals surface area contributed by atoms with E-state index >= 15 is 0 Å². The molecule has 1 unspecified atom stereocenters. The summed E-state index contributed by atoms with van der Waals surface area (Å²) in [5, 5.41) is 0.434. The Labute approximate surface area is 183 Å². The highest BCUT2D eigenvalue weighted by Gasteiger charge is 2.36. The van der Waals surface area contributed by atoms with Crippen molar-refractivity contribution in [3.8, 4) is 11.5 Å². The molecule has 0 spiro atoms. The summed E-state index contributed by atoms with van der Waals surface area (Å²) in [5.74, 6) is 1.11. The highest BCUT2D eigenvalue weighted by atomic mass is 35.5. The van der Waals surface area contributed by atoms with E-state index in [0.29, 0.717) is 16.5 Å². The summed E-state index contributed by atoms with van der Waals surface area (Å²) in [6.07, 6.45) is 4.92. The maximum atomic E-state index is 14.8. The molecule has 0 aliphatic carbocycles. The van der Waals surface area contributed by atoms with Gasteiger partial charge in [0.15, 0.2) is 29.1 Å². The van der Waals surface area contributed by atoms with E-state index in [4.69, 9.17) is 21.1 Å². The Bertz CT molecular complexity index is 878.